The molecule has 2 heterocycles. The predicted molar refractivity (Wildman–Crippen MR) is 128 cm³/mol. The number of hydrogen-bond acceptors (Lipinski definition) is 5. The third-order valence-electron chi connectivity index (χ3n) is 5.60. The summed E-state index contributed by atoms with van der Waals surface area (Å²) in [5.74, 6) is 1.87. The van der Waals surface area contributed by atoms with Gasteiger partial charge in [0.25, 0.3) is 0 Å². The molecule has 0 saturated carbocycles. The van der Waals surface area contributed by atoms with Gasteiger partial charge in [-0.05, 0) is 49.8 Å². The Morgan fingerprint density at radius 1 is 1.03 bits per heavy atom. The summed E-state index contributed by atoms with van der Waals surface area (Å²) in [7, 11) is 0. The quantitative estimate of drug-likeness (QED) is 0.534. The van der Waals surface area contributed by atoms with Crippen LogP contribution in [-0.2, 0) is 11.2 Å². The number of thioether (sulfide) groups is 1. The van der Waals surface area contributed by atoms with Crippen LogP contribution in [0.3, 0.4) is 0 Å². The molecular formula is C25H28N4OS. The number of aryl methyl sites for hydroxylation is 1. The zero-order valence-electron chi connectivity index (χ0n) is 17.8. The minimum atomic E-state index is -0.0352. The number of carbonyl (C=O) groups excluding carboxylic acids is 1. The molecule has 1 fully saturated rings. The maximum absolute atomic E-state index is 12.4. The first kappa shape index (κ1) is 21.4. The van der Waals surface area contributed by atoms with Crippen molar-refractivity contribution in [1.29, 1.82) is 0 Å². The summed E-state index contributed by atoms with van der Waals surface area (Å²) in [6.45, 7) is 3.97. The Morgan fingerprint density at radius 3 is 2.48 bits per heavy atom. The standard InChI is InChI=1S/C25H28N4OS/c1-19-7-9-22(10-8-19)28-23(30)18-31-25-24(26-13-14-27-25)29-15-11-21(12-16-29)17-20-5-3-2-4-6-20/h2-10,13-14,21H,11-12,15-18H2,1H3,(H,28,30). The van der Waals surface area contributed by atoms with Crippen molar-refractivity contribution in [2.24, 2.45) is 5.92 Å². The average Bonchev–Trinajstić information content (AvgIpc) is 2.81. The average molecular weight is 433 g/mol. The van der Waals surface area contributed by atoms with E-state index in [-0.39, 0.29) is 5.91 Å². The molecular weight excluding hydrogens is 404 g/mol. The van der Waals surface area contributed by atoms with E-state index >= 15 is 0 Å². The fourth-order valence-corrected chi connectivity index (χ4v) is 4.69. The Balaban J connectivity index is 1.31. The van der Waals surface area contributed by atoms with E-state index in [9.17, 15) is 4.79 Å². The van der Waals surface area contributed by atoms with Gasteiger partial charge in [0.15, 0.2) is 5.82 Å². The van der Waals surface area contributed by atoms with E-state index in [0.717, 1.165) is 48.9 Å². The second kappa shape index (κ2) is 10.4. The SMILES string of the molecule is Cc1ccc(NC(=O)CSc2nccnc2N2CCC(Cc3ccccc3)CC2)cc1. The molecule has 160 valence electrons. The van der Waals surface area contributed by atoms with E-state index in [1.807, 2.05) is 31.2 Å². The summed E-state index contributed by atoms with van der Waals surface area (Å²) in [5, 5.41) is 3.77. The van der Waals surface area contributed by atoms with Crippen molar-refractivity contribution in [2.45, 2.75) is 31.2 Å². The summed E-state index contributed by atoms with van der Waals surface area (Å²) in [5.41, 5.74) is 3.40. The van der Waals surface area contributed by atoms with Crippen LogP contribution in [0.4, 0.5) is 11.5 Å². The van der Waals surface area contributed by atoms with Crippen molar-refractivity contribution >= 4 is 29.2 Å². The molecule has 1 aliphatic heterocycles. The molecule has 6 heteroatoms. The molecule has 0 radical (unpaired) electrons. The van der Waals surface area contributed by atoms with Crippen LogP contribution in [0.2, 0.25) is 0 Å². The first-order valence-corrected chi connectivity index (χ1v) is 11.7. The van der Waals surface area contributed by atoms with Crippen LogP contribution >= 0.6 is 11.8 Å². The second-order valence-electron chi connectivity index (χ2n) is 8.01. The van der Waals surface area contributed by atoms with Gasteiger partial charge in [0, 0.05) is 31.2 Å². The van der Waals surface area contributed by atoms with Crippen LogP contribution in [0, 0.1) is 12.8 Å². The molecule has 1 amide bonds. The summed E-state index contributed by atoms with van der Waals surface area (Å²) in [6, 6.07) is 18.6. The molecule has 4 rings (SSSR count). The van der Waals surface area contributed by atoms with Gasteiger partial charge in [0.2, 0.25) is 5.91 Å². The molecule has 3 aromatic rings. The lowest BCUT2D eigenvalue weighted by atomic mass is 9.90. The highest BCUT2D eigenvalue weighted by Crippen LogP contribution is 2.30. The molecule has 0 bridgehead atoms. The number of amides is 1. The van der Waals surface area contributed by atoms with Gasteiger partial charge in [-0.15, -0.1) is 0 Å². The van der Waals surface area contributed by atoms with Gasteiger partial charge >= 0.3 is 0 Å². The Hall–Kier alpha value is -2.86. The van der Waals surface area contributed by atoms with Crippen LogP contribution in [0.25, 0.3) is 0 Å². The normalized spacial score (nSPS) is 14.4. The number of hydrogen-bond donors (Lipinski definition) is 1. The van der Waals surface area contributed by atoms with Crippen LogP contribution in [0.15, 0.2) is 72.0 Å². The molecule has 1 N–H and O–H groups in total. The highest BCUT2D eigenvalue weighted by Gasteiger charge is 2.23. The number of benzene rings is 2. The number of aromatic nitrogens is 2. The van der Waals surface area contributed by atoms with Crippen molar-refractivity contribution in [3.8, 4) is 0 Å². The third-order valence-corrected chi connectivity index (χ3v) is 6.57. The Bertz CT molecular complexity index is 986. The monoisotopic (exact) mass is 432 g/mol. The molecule has 0 atom stereocenters. The second-order valence-corrected chi connectivity index (χ2v) is 8.97. The summed E-state index contributed by atoms with van der Waals surface area (Å²) in [6.07, 6.45) is 6.86. The summed E-state index contributed by atoms with van der Waals surface area (Å²) < 4.78 is 0. The number of carbonyl (C=O) groups is 1. The molecule has 0 spiro atoms. The van der Waals surface area contributed by atoms with Gasteiger partial charge in [-0.3, -0.25) is 4.79 Å². The lowest BCUT2D eigenvalue weighted by Gasteiger charge is -2.33. The van der Waals surface area contributed by atoms with Crippen molar-refractivity contribution in [3.63, 3.8) is 0 Å². The highest BCUT2D eigenvalue weighted by molar-refractivity contribution is 8.00. The van der Waals surface area contributed by atoms with Crippen molar-refractivity contribution in [3.05, 3.63) is 78.1 Å². The van der Waals surface area contributed by atoms with Crippen LogP contribution in [-0.4, -0.2) is 34.7 Å². The first-order valence-electron chi connectivity index (χ1n) is 10.8. The van der Waals surface area contributed by atoms with Crippen LogP contribution in [0.1, 0.15) is 24.0 Å². The topological polar surface area (TPSA) is 58.1 Å². The van der Waals surface area contributed by atoms with Gasteiger partial charge in [0.1, 0.15) is 5.03 Å². The molecule has 0 unspecified atom stereocenters. The lowest BCUT2D eigenvalue weighted by molar-refractivity contribution is -0.113. The number of nitrogens with one attached hydrogen (secondary N) is 1. The number of nitrogens with zero attached hydrogens (tertiary/aromatic N) is 3. The van der Waals surface area contributed by atoms with Crippen LogP contribution < -0.4 is 10.2 Å². The number of rotatable bonds is 7. The maximum atomic E-state index is 12.4. The Morgan fingerprint density at radius 2 is 1.74 bits per heavy atom. The van der Waals surface area contributed by atoms with E-state index in [4.69, 9.17) is 0 Å². The number of anilines is 2. The fraction of sp³-hybridized carbons (Fsp3) is 0.320. The molecule has 1 aromatic heterocycles. The van der Waals surface area contributed by atoms with Gasteiger partial charge in [-0.25, -0.2) is 9.97 Å². The zero-order chi connectivity index (χ0) is 21.5. The summed E-state index contributed by atoms with van der Waals surface area (Å²) >= 11 is 1.45. The minimum absolute atomic E-state index is 0.0352. The van der Waals surface area contributed by atoms with E-state index in [1.54, 1.807) is 12.4 Å². The van der Waals surface area contributed by atoms with Crippen LogP contribution in [0.5, 0.6) is 0 Å². The van der Waals surface area contributed by atoms with Gasteiger partial charge in [-0.2, -0.15) is 0 Å². The largest absolute Gasteiger partial charge is 0.354 e. The van der Waals surface area contributed by atoms with E-state index in [0.29, 0.717) is 11.7 Å². The van der Waals surface area contributed by atoms with E-state index < -0.39 is 0 Å². The minimum Gasteiger partial charge on any atom is -0.354 e. The lowest BCUT2D eigenvalue weighted by Crippen LogP contribution is -2.35. The molecule has 2 aromatic carbocycles. The fourth-order valence-electron chi connectivity index (χ4n) is 3.90. The van der Waals surface area contributed by atoms with Crippen molar-refractivity contribution < 1.29 is 4.79 Å². The Labute approximate surface area is 188 Å². The molecule has 5 nitrogen and oxygen atoms in total. The van der Waals surface area contributed by atoms with Gasteiger partial charge in [0.05, 0.1) is 5.75 Å². The van der Waals surface area contributed by atoms with E-state index in [1.165, 1.54) is 22.9 Å². The Kier molecular flexibility index (Phi) is 7.20. The molecule has 1 saturated heterocycles. The van der Waals surface area contributed by atoms with E-state index in [2.05, 4.69) is 50.5 Å². The molecule has 31 heavy (non-hydrogen) atoms. The zero-order valence-corrected chi connectivity index (χ0v) is 18.6. The number of piperidine rings is 1. The van der Waals surface area contributed by atoms with Gasteiger partial charge < -0.3 is 10.2 Å². The third kappa shape index (κ3) is 6.07. The highest BCUT2D eigenvalue weighted by atomic mass is 32.2. The van der Waals surface area contributed by atoms with Crippen molar-refractivity contribution in [2.75, 3.05) is 29.1 Å². The smallest absolute Gasteiger partial charge is 0.234 e. The van der Waals surface area contributed by atoms with Crippen molar-refractivity contribution in [1.82, 2.24) is 9.97 Å². The first-order chi connectivity index (χ1) is 15.2. The predicted octanol–water partition coefficient (Wildman–Crippen LogP) is 4.97. The van der Waals surface area contributed by atoms with Gasteiger partial charge in [-0.1, -0.05) is 59.8 Å². The molecule has 1 aliphatic rings. The molecule has 0 aliphatic carbocycles. The summed E-state index contributed by atoms with van der Waals surface area (Å²) in [4.78, 5) is 23.8. The maximum Gasteiger partial charge on any atom is 0.234 e.